The van der Waals surface area contributed by atoms with Gasteiger partial charge in [0.1, 0.15) is 5.78 Å². The summed E-state index contributed by atoms with van der Waals surface area (Å²) < 4.78 is 0. The van der Waals surface area contributed by atoms with Crippen LogP contribution in [-0.4, -0.2) is 18.2 Å². The monoisotopic (exact) mass is 359 g/mol. The molecule has 146 valence electrons. The van der Waals surface area contributed by atoms with Gasteiger partial charge in [-0.1, -0.05) is 75.8 Å². The van der Waals surface area contributed by atoms with Crippen molar-refractivity contribution < 1.29 is 9.59 Å². The summed E-state index contributed by atoms with van der Waals surface area (Å²) in [4.78, 5) is 23.6. The maximum atomic E-state index is 11.8. The molecule has 0 aliphatic heterocycles. The van der Waals surface area contributed by atoms with Gasteiger partial charge in [0.2, 0.25) is 5.91 Å². The highest BCUT2D eigenvalue weighted by Crippen LogP contribution is 2.10. The first-order valence-electron chi connectivity index (χ1n) is 10.5. The number of carbonyl (C=O) groups excluding carboxylic acids is 2. The number of amides is 1. The first-order chi connectivity index (χ1) is 12.7. The lowest BCUT2D eigenvalue weighted by atomic mass is 10.0. The summed E-state index contributed by atoms with van der Waals surface area (Å²) >= 11 is 0. The molecule has 3 heteroatoms. The van der Waals surface area contributed by atoms with Gasteiger partial charge in [0.05, 0.1) is 0 Å². The first-order valence-corrected chi connectivity index (χ1v) is 10.5. The molecular formula is C23H37NO2. The molecule has 0 aliphatic carbocycles. The SMILES string of the molecule is CCCCCCCC(=O)CCCCCCC(=O)NCCc1ccccc1. The minimum absolute atomic E-state index is 0.143. The second-order valence-electron chi connectivity index (χ2n) is 7.20. The molecule has 1 aromatic carbocycles. The normalized spacial score (nSPS) is 10.7. The molecule has 0 atom stereocenters. The van der Waals surface area contributed by atoms with E-state index in [2.05, 4.69) is 24.4 Å². The number of rotatable bonds is 16. The molecule has 3 nitrogen and oxygen atoms in total. The molecule has 0 heterocycles. The van der Waals surface area contributed by atoms with Gasteiger partial charge in [0.25, 0.3) is 0 Å². The van der Waals surface area contributed by atoms with Crippen molar-refractivity contribution in [2.24, 2.45) is 0 Å². The average Bonchev–Trinajstić information content (AvgIpc) is 2.65. The van der Waals surface area contributed by atoms with Crippen LogP contribution >= 0.6 is 0 Å². The van der Waals surface area contributed by atoms with Crippen molar-refractivity contribution in [2.75, 3.05) is 6.54 Å². The maximum absolute atomic E-state index is 11.8. The average molecular weight is 360 g/mol. The highest BCUT2D eigenvalue weighted by atomic mass is 16.1. The lowest BCUT2D eigenvalue weighted by molar-refractivity contribution is -0.121. The minimum Gasteiger partial charge on any atom is -0.356 e. The summed E-state index contributed by atoms with van der Waals surface area (Å²) in [7, 11) is 0. The molecule has 0 bridgehead atoms. The summed E-state index contributed by atoms with van der Waals surface area (Å²) in [5, 5.41) is 2.98. The van der Waals surface area contributed by atoms with E-state index in [1.807, 2.05) is 18.2 Å². The molecule has 0 aliphatic rings. The molecule has 1 amide bonds. The van der Waals surface area contributed by atoms with Crippen LogP contribution in [0.15, 0.2) is 30.3 Å². The van der Waals surface area contributed by atoms with E-state index in [1.165, 1.54) is 31.2 Å². The molecule has 0 saturated heterocycles. The van der Waals surface area contributed by atoms with Crippen LogP contribution in [0.5, 0.6) is 0 Å². The van der Waals surface area contributed by atoms with E-state index in [9.17, 15) is 9.59 Å². The van der Waals surface area contributed by atoms with Crippen molar-refractivity contribution in [2.45, 2.75) is 90.4 Å². The second kappa shape index (κ2) is 15.6. The molecule has 26 heavy (non-hydrogen) atoms. The number of nitrogens with one attached hydrogen (secondary N) is 1. The Morgan fingerprint density at radius 1 is 0.769 bits per heavy atom. The number of hydrogen-bond donors (Lipinski definition) is 1. The van der Waals surface area contributed by atoms with Crippen LogP contribution in [0.1, 0.15) is 89.5 Å². The van der Waals surface area contributed by atoms with Gasteiger partial charge in [-0.25, -0.2) is 0 Å². The summed E-state index contributed by atoms with van der Waals surface area (Å²) in [6.07, 6.45) is 13.0. The van der Waals surface area contributed by atoms with Gasteiger partial charge in [-0.15, -0.1) is 0 Å². The Balaban J connectivity index is 1.88. The van der Waals surface area contributed by atoms with Gasteiger partial charge in [-0.05, 0) is 31.2 Å². The zero-order chi connectivity index (χ0) is 18.9. The quantitative estimate of drug-likeness (QED) is 0.390. The van der Waals surface area contributed by atoms with Crippen LogP contribution in [0.3, 0.4) is 0 Å². The van der Waals surface area contributed by atoms with Crippen molar-refractivity contribution in [3.63, 3.8) is 0 Å². The van der Waals surface area contributed by atoms with E-state index in [0.29, 0.717) is 18.7 Å². The fourth-order valence-electron chi connectivity index (χ4n) is 3.09. The van der Waals surface area contributed by atoms with Crippen LogP contribution in [0, 0.1) is 0 Å². The van der Waals surface area contributed by atoms with Gasteiger partial charge in [0, 0.05) is 25.8 Å². The zero-order valence-electron chi connectivity index (χ0n) is 16.6. The first kappa shape index (κ1) is 22.4. The Morgan fingerprint density at radius 2 is 1.35 bits per heavy atom. The smallest absolute Gasteiger partial charge is 0.220 e. The van der Waals surface area contributed by atoms with E-state index in [0.717, 1.165) is 51.4 Å². The largest absolute Gasteiger partial charge is 0.356 e. The number of Topliss-reactive ketones (excluding diaryl/α,β-unsaturated/α-hetero) is 1. The number of carbonyl (C=O) groups is 2. The zero-order valence-corrected chi connectivity index (χ0v) is 16.6. The van der Waals surface area contributed by atoms with Gasteiger partial charge in [-0.3, -0.25) is 9.59 Å². The van der Waals surface area contributed by atoms with E-state index >= 15 is 0 Å². The van der Waals surface area contributed by atoms with E-state index in [1.54, 1.807) is 0 Å². The molecule has 0 saturated carbocycles. The van der Waals surface area contributed by atoms with Gasteiger partial charge in [-0.2, -0.15) is 0 Å². The Bertz CT molecular complexity index is 484. The van der Waals surface area contributed by atoms with Gasteiger partial charge >= 0.3 is 0 Å². The Morgan fingerprint density at radius 3 is 1.96 bits per heavy atom. The summed E-state index contributed by atoms with van der Waals surface area (Å²) in [5.41, 5.74) is 1.25. The third kappa shape index (κ3) is 12.7. The summed E-state index contributed by atoms with van der Waals surface area (Å²) in [6, 6.07) is 10.2. The molecule has 0 radical (unpaired) electrons. The van der Waals surface area contributed by atoms with Gasteiger partial charge < -0.3 is 5.32 Å². The van der Waals surface area contributed by atoms with Crippen LogP contribution in [0.4, 0.5) is 0 Å². The van der Waals surface area contributed by atoms with Crippen LogP contribution in [0.2, 0.25) is 0 Å². The number of unbranched alkanes of at least 4 members (excludes halogenated alkanes) is 7. The predicted molar refractivity (Wildman–Crippen MR) is 109 cm³/mol. The van der Waals surface area contributed by atoms with Gasteiger partial charge in [0.15, 0.2) is 0 Å². The summed E-state index contributed by atoms with van der Waals surface area (Å²) in [5.74, 6) is 0.559. The van der Waals surface area contributed by atoms with E-state index < -0.39 is 0 Å². The van der Waals surface area contributed by atoms with E-state index in [4.69, 9.17) is 0 Å². The number of benzene rings is 1. The van der Waals surface area contributed by atoms with Crippen LogP contribution < -0.4 is 5.32 Å². The topological polar surface area (TPSA) is 46.2 Å². The fraction of sp³-hybridized carbons (Fsp3) is 0.652. The molecule has 1 rings (SSSR count). The molecular weight excluding hydrogens is 322 g/mol. The third-order valence-electron chi connectivity index (χ3n) is 4.75. The van der Waals surface area contributed by atoms with Crippen LogP contribution in [0.25, 0.3) is 0 Å². The lowest BCUT2D eigenvalue weighted by Gasteiger charge is -2.05. The van der Waals surface area contributed by atoms with Crippen LogP contribution in [-0.2, 0) is 16.0 Å². The fourth-order valence-corrected chi connectivity index (χ4v) is 3.09. The Labute approximate surface area is 160 Å². The van der Waals surface area contributed by atoms with Crippen molar-refractivity contribution in [1.29, 1.82) is 0 Å². The molecule has 1 aromatic rings. The van der Waals surface area contributed by atoms with Crippen molar-refractivity contribution >= 4 is 11.7 Å². The highest BCUT2D eigenvalue weighted by Gasteiger charge is 2.03. The summed E-state index contributed by atoms with van der Waals surface area (Å²) in [6.45, 7) is 2.91. The second-order valence-corrected chi connectivity index (χ2v) is 7.20. The predicted octanol–water partition coefficient (Wildman–Crippen LogP) is 5.62. The molecule has 1 N–H and O–H groups in total. The number of hydrogen-bond acceptors (Lipinski definition) is 2. The molecule has 0 fully saturated rings. The van der Waals surface area contributed by atoms with Crippen molar-refractivity contribution in [3.8, 4) is 0 Å². The molecule has 0 unspecified atom stereocenters. The maximum Gasteiger partial charge on any atom is 0.220 e. The Kier molecular flexibility index (Phi) is 13.4. The molecule has 0 spiro atoms. The highest BCUT2D eigenvalue weighted by molar-refractivity contribution is 5.78. The van der Waals surface area contributed by atoms with Crippen molar-refractivity contribution in [3.05, 3.63) is 35.9 Å². The Hall–Kier alpha value is -1.64. The number of ketones is 1. The third-order valence-corrected chi connectivity index (χ3v) is 4.75. The standard InChI is InChI=1S/C23H37NO2/c1-2-3-4-5-11-16-22(25)17-12-6-7-13-18-23(26)24-20-19-21-14-9-8-10-15-21/h8-10,14-15H,2-7,11-13,16-20H2,1H3,(H,24,26). The van der Waals surface area contributed by atoms with Crippen molar-refractivity contribution in [1.82, 2.24) is 5.32 Å². The van der Waals surface area contributed by atoms with E-state index in [-0.39, 0.29) is 5.91 Å². The minimum atomic E-state index is 0.143. The lowest BCUT2D eigenvalue weighted by Crippen LogP contribution is -2.25. The molecule has 0 aromatic heterocycles.